The number of amides is 1. The highest BCUT2D eigenvalue weighted by molar-refractivity contribution is 8.00. The van der Waals surface area contributed by atoms with Gasteiger partial charge in [-0.25, -0.2) is 13.8 Å². The van der Waals surface area contributed by atoms with Crippen molar-refractivity contribution >= 4 is 17.7 Å². The molecule has 19 heavy (non-hydrogen) atoms. The summed E-state index contributed by atoms with van der Waals surface area (Å²) in [5.41, 5.74) is 0. The molecule has 0 radical (unpaired) electrons. The molecule has 1 amide bonds. The molecular formula is C12H11F2N3OS. The first kappa shape index (κ1) is 13.5. The van der Waals surface area contributed by atoms with E-state index in [0.29, 0.717) is 17.3 Å². The smallest absolute Gasteiger partial charge is 0.230 e. The fourth-order valence-electron chi connectivity index (χ4n) is 1.34. The van der Waals surface area contributed by atoms with Gasteiger partial charge in [0, 0.05) is 17.3 Å². The number of nitrogens with one attached hydrogen (secondary N) is 2. The number of carbonyl (C=O) groups excluding carboxylic acids is 1. The number of thioether (sulfide) groups is 1. The number of H-pyrrole nitrogens is 1. The topological polar surface area (TPSA) is 57.8 Å². The van der Waals surface area contributed by atoms with Crippen molar-refractivity contribution in [3.63, 3.8) is 0 Å². The van der Waals surface area contributed by atoms with Gasteiger partial charge in [-0.1, -0.05) is 0 Å². The van der Waals surface area contributed by atoms with E-state index < -0.39 is 11.6 Å². The minimum atomic E-state index is -0.916. The van der Waals surface area contributed by atoms with Crippen molar-refractivity contribution in [1.82, 2.24) is 15.3 Å². The Hall–Kier alpha value is -1.89. The van der Waals surface area contributed by atoms with Crippen LogP contribution in [0, 0.1) is 11.6 Å². The highest BCUT2D eigenvalue weighted by atomic mass is 32.2. The second-order valence-corrected chi connectivity index (χ2v) is 4.73. The molecule has 2 N–H and O–H groups in total. The van der Waals surface area contributed by atoms with E-state index in [1.807, 2.05) is 0 Å². The van der Waals surface area contributed by atoms with Crippen molar-refractivity contribution in [2.75, 3.05) is 5.75 Å². The first-order chi connectivity index (χ1) is 9.15. The summed E-state index contributed by atoms with van der Waals surface area (Å²) in [6, 6.07) is 3.54. The average molecular weight is 283 g/mol. The number of halogens is 2. The first-order valence-corrected chi connectivity index (χ1v) is 6.46. The van der Waals surface area contributed by atoms with Crippen LogP contribution in [-0.4, -0.2) is 21.6 Å². The Kier molecular flexibility index (Phi) is 4.51. The van der Waals surface area contributed by atoms with Crippen molar-refractivity contribution < 1.29 is 13.6 Å². The Morgan fingerprint density at radius 1 is 1.37 bits per heavy atom. The third-order valence-corrected chi connectivity index (χ3v) is 3.26. The van der Waals surface area contributed by atoms with Gasteiger partial charge in [0.25, 0.3) is 0 Å². The van der Waals surface area contributed by atoms with Crippen LogP contribution in [0.5, 0.6) is 0 Å². The molecule has 1 aromatic heterocycles. The normalized spacial score (nSPS) is 10.4. The van der Waals surface area contributed by atoms with Crippen LogP contribution in [0.3, 0.4) is 0 Å². The fourth-order valence-corrected chi connectivity index (χ4v) is 2.09. The van der Waals surface area contributed by atoms with E-state index in [2.05, 4.69) is 15.3 Å². The Bertz CT molecular complexity index is 560. The number of nitrogens with zero attached hydrogens (tertiary/aromatic N) is 1. The molecule has 0 aliphatic heterocycles. The van der Waals surface area contributed by atoms with Crippen LogP contribution in [0.25, 0.3) is 0 Å². The quantitative estimate of drug-likeness (QED) is 0.826. The second kappa shape index (κ2) is 6.33. The van der Waals surface area contributed by atoms with Gasteiger partial charge in [-0.2, -0.15) is 0 Å². The summed E-state index contributed by atoms with van der Waals surface area (Å²) in [6.07, 6.45) is 3.26. The SMILES string of the molecule is O=C(CSc1ccc(F)c(F)c1)NCc1ncc[nH]1. The highest BCUT2D eigenvalue weighted by Crippen LogP contribution is 2.19. The predicted octanol–water partition coefficient (Wildman–Crippen LogP) is 2.10. The van der Waals surface area contributed by atoms with E-state index in [1.165, 1.54) is 6.07 Å². The molecule has 1 aromatic carbocycles. The fraction of sp³-hybridized carbons (Fsp3) is 0.167. The number of benzene rings is 1. The molecule has 0 aliphatic rings. The predicted molar refractivity (Wildman–Crippen MR) is 67.5 cm³/mol. The molecule has 0 spiro atoms. The summed E-state index contributed by atoms with van der Waals surface area (Å²) >= 11 is 1.14. The molecule has 7 heteroatoms. The lowest BCUT2D eigenvalue weighted by Crippen LogP contribution is -2.25. The number of aromatic amines is 1. The van der Waals surface area contributed by atoms with Gasteiger partial charge >= 0.3 is 0 Å². The van der Waals surface area contributed by atoms with E-state index in [9.17, 15) is 13.6 Å². The van der Waals surface area contributed by atoms with Crippen molar-refractivity contribution in [1.29, 1.82) is 0 Å². The third-order valence-electron chi connectivity index (χ3n) is 2.27. The lowest BCUT2D eigenvalue weighted by molar-refractivity contribution is -0.118. The molecule has 0 unspecified atom stereocenters. The van der Waals surface area contributed by atoms with E-state index in [1.54, 1.807) is 12.4 Å². The Labute approximate surface area is 112 Å². The molecular weight excluding hydrogens is 272 g/mol. The molecule has 2 aromatic rings. The van der Waals surface area contributed by atoms with E-state index >= 15 is 0 Å². The van der Waals surface area contributed by atoms with Crippen LogP contribution in [-0.2, 0) is 11.3 Å². The lowest BCUT2D eigenvalue weighted by atomic mass is 10.3. The van der Waals surface area contributed by atoms with Gasteiger partial charge in [0.05, 0.1) is 12.3 Å². The number of imidazole rings is 1. The molecule has 0 saturated carbocycles. The molecule has 4 nitrogen and oxygen atoms in total. The number of carbonyl (C=O) groups is 1. The molecule has 0 aliphatic carbocycles. The van der Waals surface area contributed by atoms with E-state index in [4.69, 9.17) is 0 Å². The monoisotopic (exact) mass is 283 g/mol. The maximum atomic E-state index is 12.9. The molecule has 0 saturated heterocycles. The molecule has 0 atom stereocenters. The summed E-state index contributed by atoms with van der Waals surface area (Å²) in [5.74, 6) is -1.23. The van der Waals surface area contributed by atoms with Crippen molar-refractivity contribution in [2.24, 2.45) is 0 Å². The minimum absolute atomic E-state index is 0.131. The number of rotatable bonds is 5. The number of hydrogen-bond acceptors (Lipinski definition) is 3. The van der Waals surface area contributed by atoms with E-state index in [0.717, 1.165) is 23.9 Å². The second-order valence-electron chi connectivity index (χ2n) is 3.68. The molecule has 0 fully saturated rings. The molecule has 1 heterocycles. The third kappa shape index (κ3) is 4.06. The Morgan fingerprint density at radius 2 is 2.21 bits per heavy atom. The molecule has 0 bridgehead atoms. The molecule has 2 rings (SSSR count). The van der Waals surface area contributed by atoms with Crippen LogP contribution < -0.4 is 5.32 Å². The van der Waals surface area contributed by atoms with Gasteiger partial charge in [0.1, 0.15) is 5.82 Å². The van der Waals surface area contributed by atoms with Crippen molar-refractivity contribution in [2.45, 2.75) is 11.4 Å². The van der Waals surface area contributed by atoms with Crippen molar-refractivity contribution in [3.8, 4) is 0 Å². The van der Waals surface area contributed by atoms with Gasteiger partial charge in [0.2, 0.25) is 5.91 Å². The van der Waals surface area contributed by atoms with Crippen LogP contribution >= 0.6 is 11.8 Å². The van der Waals surface area contributed by atoms with Crippen LogP contribution in [0.15, 0.2) is 35.5 Å². The van der Waals surface area contributed by atoms with Gasteiger partial charge in [-0.15, -0.1) is 11.8 Å². The Morgan fingerprint density at radius 3 is 2.89 bits per heavy atom. The number of aromatic nitrogens is 2. The zero-order valence-electron chi connectivity index (χ0n) is 9.82. The lowest BCUT2D eigenvalue weighted by Gasteiger charge is -2.04. The standard InChI is InChI=1S/C12H11F2N3OS/c13-9-2-1-8(5-10(9)14)19-7-12(18)17-6-11-15-3-4-16-11/h1-5H,6-7H2,(H,15,16)(H,17,18). The first-order valence-electron chi connectivity index (χ1n) is 5.48. The summed E-state index contributed by atoms with van der Waals surface area (Å²) < 4.78 is 25.6. The van der Waals surface area contributed by atoms with Crippen molar-refractivity contribution in [3.05, 3.63) is 48.1 Å². The summed E-state index contributed by atoms with van der Waals surface area (Å²) in [4.78, 5) is 18.8. The van der Waals surface area contributed by atoms with Crippen LogP contribution in [0.2, 0.25) is 0 Å². The number of hydrogen-bond donors (Lipinski definition) is 2. The van der Waals surface area contributed by atoms with Crippen LogP contribution in [0.1, 0.15) is 5.82 Å². The maximum Gasteiger partial charge on any atom is 0.230 e. The summed E-state index contributed by atoms with van der Waals surface area (Å²) in [7, 11) is 0. The van der Waals surface area contributed by atoms with Gasteiger partial charge in [-0.3, -0.25) is 4.79 Å². The average Bonchev–Trinajstić information content (AvgIpc) is 2.91. The summed E-state index contributed by atoms with van der Waals surface area (Å²) in [6.45, 7) is 0.310. The van der Waals surface area contributed by atoms with Crippen LogP contribution in [0.4, 0.5) is 8.78 Å². The zero-order valence-corrected chi connectivity index (χ0v) is 10.6. The highest BCUT2D eigenvalue weighted by Gasteiger charge is 2.06. The zero-order chi connectivity index (χ0) is 13.7. The minimum Gasteiger partial charge on any atom is -0.348 e. The van der Waals surface area contributed by atoms with Gasteiger partial charge in [-0.05, 0) is 18.2 Å². The Balaban J connectivity index is 1.78. The van der Waals surface area contributed by atoms with Gasteiger partial charge < -0.3 is 10.3 Å². The van der Waals surface area contributed by atoms with E-state index in [-0.39, 0.29) is 11.7 Å². The largest absolute Gasteiger partial charge is 0.348 e. The van der Waals surface area contributed by atoms with Gasteiger partial charge in [0.15, 0.2) is 11.6 Å². The maximum absolute atomic E-state index is 12.9. The molecule has 100 valence electrons. The summed E-state index contributed by atoms with van der Waals surface area (Å²) in [5, 5.41) is 2.66.